The summed E-state index contributed by atoms with van der Waals surface area (Å²) in [6, 6.07) is 15.9. The molecule has 0 spiro atoms. The number of aryl methyl sites for hydroxylation is 1. The van der Waals surface area contributed by atoms with Gasteiger partial charge in [-0.25, -0.2) is 14.1 Å². The predicted molar refractivity (Wildman–Crippen MR) is 110 cm³/mol. The number of hydrogen-bond donors (Lipinski definition) is 0. The zero-order valence-corrected chi connectivity index (χ0v) is 16.4. The van der Waals surface area contributed by atoms with E-state index >= 15 is 0 Å². The van der Waals surface area contributed by atoms with Gasteiger partial charge in [0.1, 0.15) is 5.82 Å². The second-order valence-electron chi connectivity index (χ2n) is 7.00. The van der Waals surface area contributed by atoms with Crippen LogP contribution in [-0.4, -0.2) is 30.2 Å². The number of carbonyl (C=O) groups is 4. The minimum Gasteiger partial charge on any atom is -0.454 e. The van der Waals surface area contributed by atoms with E-state index in [1.165, 1.54) is 24.3 Å². The number of carbonyl (C=O) groups excluding carboxylic acids is 4. The lowest BCUT2D eigenvalue weighted by atomic mass is 10.1. The fraction of sp³-hybridized carbons (Fsp3) is 0.0833. The molecule has 3 aromatic carbocycles. The van der Waals surface area contributed by atoms with E-state index in [9.17, 15) is 23.6 Å². The molecule has 4 rings (SSSR count). The molecule has 1 aliphatic rings. The number of halogens is 1. The highest BCUT2D eigenvalue weighted by atomic mass is 19.1. The number of ether oxygens (including phenoxy) is 1. The van der Waals surface area contributed by atoms with Crippen LogP contribution in [-0.2, 0) is 4.74 Å². The van der Waals surface area contributed by atoms with Gasteiger partial charge in [0.05, 0.1) is 22.4 Å². The topological polar surface area (TPSA) is 80.8 Å². The highest BCUT2D eigenvalue weighted by Gasteiger charge is 2.37. The van der Waals surface area contributed by atoms with Crippen LogP contribution in [0.3, 0.4) is 0 Å². The van der Waals surface area contributed by atoms with Gasteiger partial charge in [0, 0.05) is 5.56 Å². The maximum Gasteiger partial charge on any atom is 0.338 e. The number of anilines is 1. The summed E-state index contributed by atoms with van der Waals surface area (Å²) in [4.78, 5) is 51.1. The molecule has 6 nitrogen and oxygen atoms in total. The third-order valence-corrected chi connectivity index (χ3v) is 4.98. The number of ketones is 1. The largest absolute Gasteiger partial charge is 0.454 e. The normalized spacial score (nSPS) is 12.6. The lowest BCUT2D eigenvalue weighted by molar-refractivity contribution is 0.0474. The number of nitrogens with zero attached hydrogens (tertiary/aromatic N) is 1. The third kappa shape index (κ3) is 3.73. The number of rotatable bonds is 5. The van der Waals surface area contributed by atoms with Crippen molar-refractivity contribution in [1.29, 1.82) is 0 Å². The van der Waals surface area contributed by atoms with Gasteiger partial charge in [-0.1, -0.05) is 18.2 Å². The smallest absolute Gasteiger partial charge is 0.338 e. The van der Waals surface area contributed by atoms with E-state index in [0.29, 0.717) is 16.7 Å². The van der Waals surface area contributed by atoms with Gasteiger partial charge in [0.25, 0.3) is 11.8 Å². The molecule has 0 unspecified atom stereocenters. The van der Waals surface area contributed by atoms with Crippen LogP contribution in [0.25, 0.3) is 0 Å². The Labute approximate surface area is 176 Å². The molecular formula is C24H16FNO5. The second kappa shape index (κ2) is 7.95. The first-order chi connectivity index (χ1) is 14.9. The van der Waals surface area contributed by atoms with Gasteiger partial charge in [0.2, 0.25) is 0 Å². The molecule has 0 saturated heterocycles. The molecule has 0 atom stereocenters. The number of esters is 1. The van der Waals surface area contributed by atoms with Gasteiger partial charge in [-0.05, 0) is 61.0 Å². The van der Waals surface area contributed by atoms with E-state index in [4.69, 9.17) is 4.74 Å². The standard InChI is InChI=1S/C24H16FNO5/c1-14-6-7-16(24(30)31-13-21(27)15-8-10-17(25)11-9-15)12-20(14)26-22(28)18-4-2-3-5-19(18)23(26)29/h2-12H,13H2,1H3. The van der Waals surface area contributed by atoms with E-state index in [1.807, 2.05) is 0 Å². The Morgan fingerprint density at radius 2 is 1.45 bits per heavy atom. The molecule has 7 heteroatoms. The third-order valence-electron chi connectivity index (χ3n) is 4.98. The number of hydrogen-bond acceptors (Lipinski definition) is 5. The molecule has 0 radical (unpaired) electrons. The van der Waals surface area contributed by atoms with Crippen LogP contribution in [0.2, 0.25) is 0 Å². The van der Waals surface area contributed by atoms with Gasteiger partial charge in [0.15, 0.2) is 12.4 Å². The van der Waals surface area contributed by atoms with E-state index in [1.54, 1.807) is 37.3 Å². The molecule has 31 heavy (non-hydrogen) atoms. The van der Waals surface area contributed by atoms with Crippen LogP contribution < -0.4 is 4.90 Å². The molecule has 154 valence electrons. The maximum absolute atomic E-state index is 13.0. The summed E-state index contributed by atoms with van der Waals surface area (Å²) < 4.78 is 18.1. The van der Waals surface area contributed by atoms with Crippen molar-refractivity contribution in [2.24, 2.45) is 0 Å². The molecule has 3 aromatic rings. The van der Waals surface area contributed by atoms with Crippen LogP contribution in [0.5, 0.6) is 0 Å². The summed E-state index contributed by atoms with van der Waals surface area (Å²) in [6.07, 6.45) is 0. The van der Waals surface area contributed by atoms with Gasteiger partial charge in [-0.3, -0.25) is 14.4 Å². The summed E-state index contributed by atoms with van der Waals surface area (Å²) in [5.74, 6) is -2.69. The lowest BCUT2D eigenvalue weighted by Crippen LogP contribution is -2.30. The van der Waals surface area contributed by atoms with Crippen LogP contribution in [0.15, 0.2) is 66.7 Å². The molecule has 0 N–H and O–H groups in total. The quantitative estimate of drug-likeness (QED) is 0.356. The number of Topliss-reactive ketones (excluding diaryl/α,β-unsaturated/α-hetero) is 1. The SMILES string of the molecule is Cc1ccc(C(=O)OCC(=O)c2ccc(F)cc2)cc1N1C(=O)c2ccccc2C1=O. The molecule has 0 saturated carbocycles. The van der Waals surface area contributed by atoms with E-state index < -0.39 is 36.0 Å². The molecule has 0 aliphatic carbocycles. The number of imide groups is 1. The highest BCUT2D eigenvalue weighted by molar-refractivity contribution is 6.34. The number of benzene rings is 3. The molecule has 2 amide bonds. The molecule has 1 aliphatic heterocycles. The van der Waals surface area contributed by atoms with Gasteiger partial charge >= 0.3 is 5.97 Å². The Bertz CT molecular complexity index is 1200. The molecule has 0 bridgehead atoms. The van der Waals surface area contributed by atoms with E-state index in [-0.39, 0.29) is 16.8 Å². The van der Waals surface area contributed by atoms with Crippen LogP contribution in [0.4, 0.5) is 10.1 Å². The summed E-state index contributed by atoms with van der Waals surface area (Å²) in [5.41, 5.74) is 1.78. The first-order valence-electron chi connectivity index (χ1n) is 9.41. The highest BCUT2D eigenvalue weighted by Crippen LogP contribution is 2.31. The van der Waals surface area contributed by atoms with Crippen LogP contribution in [0, 0.1) is 12.7 Å². The minimum atomic E-state index is -0.784. The Morgan fingerprint density at radius 1 is 0.871 bits per heavy atom. The van der Waals surface area contributed by atoms with E-state index in [0.717, 1.165) is 17.0 Å². The van der Waals surface area contributed by atoms with Crippen molar-refractivity contribution in [2.75, 3.05) is 11.5 Å². The minimum absolute atomic E-state index is 0.0871. The van der Waals surface area contributed by atoms with Crippen molar-refractivity contribution >= 4 is 29.3 Å². The predicted octanol–water partition coefficient (Wildman–Crippen LogP) is 3.97. The zero-order chi connectivity index (χ0) is 22.1. The van der Waals surface area contributed by atoms with Crippen molar-refractivity contribution in [1.82, 2.24) is 0 Å². The fourth-order valence-corrected chi connectivity index (χ4v) is 3.32. The summed E-state index contributed by atoms with van der Waals surface area (Å²) in [5, 5.41) is 0. The number of amides is 2. The van der Waals surface area contributed by atoms with Crippen molar-refractivity contribution in [3.63, 3.8) is 0 Å². The zero-order valence-electron chi connectivity index (χ0n) is 16.4. The Kier molecular flexibility index (Phi) is 5.17. The summed E-state index contributed by atoms with van der Waals surface area (Å²) in [6.45, 7) is 1.19. The average Bonchev–Trinajstić information content (AvgIpc) is 3.03. The van der Waals surface area contributed by atoms with Crippen LogP contribution >= 0.6 is 0 Å². The molecule has 1 heterocycles. The van der Waals surface area contributed by atoms with Crippen molar-refractivity contribution in [3.8, 4) is 0 Å². The van der Waals surface area contributed by atoms with Crippen molar-refractivity contribution in [2.45, 2.75) is 6.92 Å². The second-order valence-corrected chi connectivity index (χ2v) is 7.00. The van der Waals surface area contributed by atoms with E-state index in [2.05, 4.69) is 0 Å². The van der Waals surface area contributed by atoms with Crippen molar-refractivity contribution < 1.29 is 28.3 Å². The summed E-state index contributed by atoms with van der Waals surface area (Å²) >= 11 is 0. The fourth-order valence-electron chi connectivity index (χ4n) is 3.32. The average molecular weight is 417 g/mol. The first-order valence-corrected chi connectivity index (χ1v) is 9.41. The Balaban J connectivity index is 1.53. The van der Waals surface area contributed by atoms with Gasteiger partial charge in [-0.2, -0.15) is 0 Å². The Hall–Kier alpha value is -4.13. The summed E-state index contributed by atoms with van der Waals surface area (Å²) in [7, 11) is 0. The lowest BCUT2D eigenvalue weighted by Gasteiger charge is -2.17. The van der Waals surface area contributed by atoms with Gasteiger partial charge < -0.3 is 4.74 Å². The molecular weight excluding hydrogens is 401 g/mol. The monoisotopic (exact) mass is 417 g/mol. The van der Waals surface area contributed by atoms with Gasteiger partial charge in [-0.15, -0.1) is 0 Å². The maximum atomic E-state index is 13.0. The molecule has 0 aromatic heterocycles. The Morgan fingerprint density at radius 3 is 2.06 bits per heavy atom. The number of fused-ring (bicyclic) bond motifs is 1. The van der Waals surface area contributed by atoms with Crippen molar-refractivity contribution in [3.05, 3.63) is 100 Å². The van der Waals surface area contributed by atoms with Crippen LogP contribution in [0.1, 0.15) is 47.0 Å². The first kappa shape index (κ1) is 20.2. The molecule has 0 fully saturated rings.